The number of rotatable bonds is 3. The van der Waals surface area contributed by atoms with Crippen LogP contribution in [0, 0.1) is 0 Å². The van der Waals surface area contributed by atoms with E-state index >= 15 is 0 Å². The lowest BCUT2D eigenvalue weighted by Crippen LogP contribution is -1.96. The summed E-state index contributed by atoms with van der Waals surface area (Å²) in [6, 6.07) is 1.80. The Morgan fingerprint density at radius 2 is 2.29 bits per heavy atom. The molecular weight excluding hydrogens is 304 g/mol. The summed E-state index contributed by atoms with van der Waals surface area (Å²) in [5.74, 6) is 0.733. The Bertz CT molecular complexity index is 538. The number of hydrogen-bond acceptors (Lipinski definition) is 3. The number of nitrogens with one attached hydrogen (secondary N) is 1. The highest BCUT2D eigenvalue weighted by atomic mass is 79.9. The second kappa shape index (κ2) is 5.06. The Balaban J connectivity index is 2.30. The van der Waals surface area contributed by atoms with Gasteiger partial charge in [0.15, 0.2) is 0 Å². The summed E-state index contributed by atoms with van der Waals surface area (Å²) in [4.78, 5) is 4.23. The first-order valence-corrected chi connectivity index (χ1v) is 6.38. The molecule has 4 nitrogen and oxygen atoms in total. The van der Waals surface area contributed by atoms with E-state index in [2.05, 4.69) is 38.3 Å². The highest BCUT2D eigenvalue weighted by molar-refractivity contribution is 9.10. The summed E-state index contributed by atoms with van der Waals surface area (Å²) in [5, 5.41) is 8.20. The van der Waals surface area contributed by atoms with Gasteiger partial charge in [0.25, 0.3) is 0 Å². The molecule has 17 heavy (non-hydrogen) atoms. The maximum Gasteiger partial charge on any atom is 0.144 e. The lowest BCUT2D eigenvalue weighted by atomic mass is 10.3. The molecule has 0 aliphatic heterocycles. The third kappa shape index (κ3) is 2.79. The van der Waals surface area contributed by atoms with Crippen LogP contribution in [0.4, 0.5) is 11.5 Å². The van der Waals surface area contributed by atoms with Gasteiger partial charge in [0.2, 0.25) is 0 Å². The normalized spacial score (nSPS) is 10.6. The largest absolute Gasteiger partial charge is 0.336 e. The van der Waals surface area contributed by atoms with Gasteiger partial charge in [-0.2, -0.15) is 5.10 Å². The molecule has 0 unspecified atom stereocenters. The van der Waals surface area contributed by atoms with E-state index in [0.717, 1.165) is 28.1 Å². The van der Waals surface area contributed by atoms with Gasteiger partial charge in [-0.3, -0.25) is 4.68 Å². The first kappa shape index (κ1) is 12.4. The van der Waals surface area contributed by atoms with Crippen molar-refractivity contribution in [3.05, 3.63) is 33.6 Å². The van der Waals surface area contributed by atoms with Crippen LogP contribution in [0.2, 0.25) is 5.02 Å². The van der Waals surface area contributed by atoms with Crippen molar-refractivity contribution in [2.75, 3.05) is 5.32 Å². The van der Waals surface area contributed by atoms with E-state index in [9.17, 15) is 0 Å². The second-order valence-corrected chi connectivity index (χ2v) is 4.92. The minimum atomic E-state index is 0.601. The van der Waals surface area contributed by atoms with E-state index in [0.29, 0.717) is 5.02 Å². The van der Waals surface area contributed by atoms with Crippen LogP contribution in [0.5, 0.6) is 0 Å². The molecule has 2 heterocycles. The summed E-state index contributed by atoms with van der Waals surface area (Å²) in [6.45, 7) is 2.07. The van der Waals surface area contributed by atoms with Crippen LogP contribution in [0.15, 0.2) is 22.9 Å². The molecule has 0 saturated carbocycles. The van der Waals surface area contributed by atoms with Crippen molar-refractivity contribution < 1.29 is 0 Å². The van der Waals surface area contributed by atoms with Gasteiger partial charge in [0, 0.05) is 19.4 Å². The molecule has 6 heteroatoms. The minimum absolute atomic E-state index is 0.601. The van der Waals surface area contributed by atoms with Crippen LogP contribution in [0.1, 0.15) is 12.6 Å². The van der Waals surface area contributed by atoms with Gasteiger partial charge in [0.05, 0.1) is 20.9 Å². The van der Waals surface area contributed by atoms with Crippen LogP contribution in [-0.4, -0.2) is 14.8 Å². The van der Waals surface area contributed by atoms with Gasteiger partial charge in [-0.15, -0.1) is 0 Å². The number of aromatic nitrogens is 3. The molecule has 0 spiro atoms. The molecule has 2 rings (SSSR count). The molecule has 2 aromatic rings. The van der Waals surface area contributed by atoms with Crippen LogP contribution in [0.25, 0.3) is 0 Å². The van der Waals surface area contributed by atoms with Gasteiger partial charge >= 0.3 is 0 Å². The van der Waals surface area contributed by atoms with Crippen LogP contribution in [0.3, 0.4) is 0 Å². The highest BCUT2D eigenvalue weighted by Gasteiger charge is 2.09. The van der Waals surface area contributed by atoms with Gasteiger partial charge in [-0.25, -0.2) is 4.98 Å². The summed E-state index contributed by atoms with van der Waals surface area (Å²) in [6.07, 6.45) is 4.41. The Hall–Kier alpha value is -1.07. The predicted molar refractivity (Wildman–Crippen MR) is 72.8 cm³/mol. The summed E-state index contributed by atoms with van der Waals surface area (Å²) < 4.78 is 2.61. The van der Waals surface area contributed by atoms with Crippen molar-refractivity contribution >= 4 is 39.0 Å². The molecular formula is C11H12BrClN4. The fourth-order valence-corrected chi connectivity index (χ4v) is 2.27. The zero-order valence-corrected chi connectivity index (χ0v) is 11.9. The number of hydrogen-bond donors (Lipinski definition) is 1. The third-order valence-corrected chi connectivity index (χ3v) is 3.11. The quantitative estimate of drug-likeness (QED) is 0.942. The maximum absolute atomic E-state index is 5.85. The second-order valence-electron chi connectivity index (χ2n) is 3.63. The number of aryl methyl sites for hydroxylation is 2. The van der Waals surface area contributed by atoms with E-state index in [1.807, 2.05) is 13.2 Å². The number of anilines is 2. The molecule has 0 saturated heterocycles. The smallest absolute Gasteiger partial charge is 0.144 e. The summed E-state index contributed by atoms with van der Waals surface area (Å²) in [7, 11) is 1.90. The zero-order valence-electron chi connectivity index (χ0n) is 9.54. The molecule has 0 fully saturated rings. The Morgan fingerprint density at radius 3 is 2.94 bits per heavy atom. The first-order chi connectivity index (χ1) is 8.10. The van der Waals surface area contributed by atoms with Gasteiger partial charge in [-0.05, 0) is 28.4 Å². The fraction of sp³-hybridized carbons (Fsp3) is 0.273. The fourth-order valence-electron chi connectivity index (χ4n) is 1.53. The first-order valence-electron chi connectivity index (χ1n) is 5.20. The third-order valence-electron chi connectivity index (χ3n) is 2.30. The lowest BCUT2D eigenvalue weighted by molar-refractivity contribution is 0.746. The van der Waals surface area contributed by atoms with E-state index in [-0.39, 0.29) is 0 Å². The maximum atomic E-state index is 5.85. The molecule has 90 valence electrons. The molecule has 0 aliphatic rings. The van der Waals surface area contributed by atoms with E-state index < -0.39 is 0 Å². The van der Waals surface area contributed by atoms with Gasteiger partial charge in [-0.1, -0.05) is 18.5 Å². The molecule has 0 atom stereocenters. The standard InChI is InChI=1S/C11H12BrClN4/c1-3-9-10(6-17(2)16-9)15-11-8(12)4-7(13)5-14-11/h4-6H,3H2,1-2H3,(H,14,15). The van der Waals surface area contributed by atoms with Crippen LogP contribution < -0.4 is 5.32 Å². The number of nitrogens with zero attached hydrogens (tertiary/aromatic N) is 3. The SMILES string of the molecule is CCc1nn(C)cc1Nc1ncc(Cl)cc1Br. The van der Waals surface area contributed by atoms with E-state index in [1.54, 1.807) is 16.9 Å². The number of halogens is 2. The molecule has 0 radical (unpaired) electrons. The summed E-state index contributed by atoms with van der Waals surface area (Å²) >= 11 is 9.27. The molecule has 1 N–H and O–H groups in total. The van der Waals surface area contributed by atoms with Gasteiger partial charge in [0.1, 0.15) is 5.82 Å². The van der Waals surface area contributed by atoms with E-state index in [4.69, 9.17) is 11.6 Å². The average Bonchev–Trinajstić information content (AvgIpc) is 2.63. The van der Waals surface area contributed by atoms with Crippen molar-refractivity contribution in [2.24, 2.45) is 7.05 Å². The molecule has 0 amide bonds. The van der Waals surface area contributed by atoms with Gasteiger partial charge < -0.3 is 5.32 Å². The Morgan fingerprint density at radius 1 is 1.53 bits per heavy atom. The van der Waals surface area contributed by atoms with Crippen molar-refractivity contribution in [1.29, 1.82) is 0 Å². The van der Waals surface area contributed by atoms with Crippen molar-refractivity contribution in [2.45, 2.75) is 13.3 Å². The topological polar surface area (TPSA) is 42.7 Å². The predicted octanol–water partition coefficient (Wildman–Crippen LogP) is 3.54. The van der Waals surface area contributed by atoms with Crippen LogP contribution in [-0.2, 0) is 13.5 Å². The highest BCUT2D eigenvalue weighted by Crippen LogP contribution is 2.27. The molecule has 0 bridgehead atoms. The average molecular weight is 316 g/mol. The molecule has 0 aromatic carbocycles. The zero-order chi connectivity index (χ0) is 12.4. The number of pyridine rings is 1. The Labute approximate surface area is 113 Å². The minimum Gasteiger partial charge on any atom is -0.336 e. The van der Waals surface area contributed by atoms with Crippen molar-refractivity contribution in [3.63, 3.8) is 0 Å². The van der Waals surface area contributed by atoms with Crippen molar-refractivity contribution in [3.8, 4) is 0 Å². The monoisotopic (exact) mass is 314 g/mol. The lowest BCUT2D eigenvalue weighted by Gasteiger charge is -2.06. The molecule has 2 aromatic heterocycles. The summed E-state index contributed by atoms with van der Waals surface area (Å²) in [5.41, 5.74) is 1.97. The van der Waals surface area contributed by atoms with E-state index in [1.165, 1.54) is 0 Å². The molecule has 0 aliphatic carbocycles. The Kier molecular flexibility index (Phi) is 3.69. The van der Waals surface area contributed by atoms with Crippen molar-refractivity contribution in [1.82, 2.24) is 14.8 Å². The van der Waals surface area contributed by atoms with Crippen LogP contribution >= 0.6 is 27.5 Å².